The Kier molecular flexibility index (Phi) is 6.55. The predicted molar refractivity (Wildman–Crippen MR) is 139 cm³/mol. The molecule has 0 aliphatic heterocycles. The number of hydrogen-bond donors (Lipinski definition) is 2. The molecule has 2 N–H and O–H groups in total. The third-order valence-electron chi connectivity index (χ3n) is 6.11. The number of aromatic nitrogens is 5. The molecule has 13 heteroatoms. The number of furan rings is 1. The number of nitrogens with zero attached hydrogens (tertiary/aromatic N) is 5. The first-order valence-electron chi connectivity index (χ1n) is 11.6. The smallest absolute Gasteiger partial charge is 0.243 e. The molecule has 2 atom stereocenters. The summed E-state index contributed by atoms with van der Waals surface area (Å²) in [5.41, 5.74) is 1.30. The van der Waals surface area contributed by atoms with Crippen LogP contribution in [0, 0.1) is 6.92 Å². The number of nitrogens with one attached hydrogen (secondary N) is 1. The number of aliphatic hydroxyl groups is 1. The zero-order valence-corrected chi connectivity index (χ0v) is 21.9. The number of fused-ring (bicyclic) bond motifs is 1. The molecule has 0 saturated heterocycles. The Labute approximate surface area is 218 Å². The molecular formula is C25H26N6O6S. The van der Waals surface area contributed by atoms with E-state index >= 15 is 0 Å². The number of pyridine rings is 1. The minimum atomic E-state index is -4.22. The van der Waals surface area contributed by atoms with E-state index < -0.39 is 21.4 Å². The number of rotatable bonds is 9. The summed E-state index contributed by atoms with van der Waals surface area (Å²) >= 11 is 0. The van der Waals surface area contributed by atoms with E-state index in [2.05, 4.69) is 20.0 Å². The third kappa shape index (κ3) is 4.46. The van der Waals surface area contributed by atoms with Crippen molar-refractivity contribution in [2.24, 2.45) is 0 Å². The van der Waals surface area contributed by atoms with Crippen LogP contribution in [0.5, 0.6) is 11.5 Å². The number of anilines is 1. The van der Waals surface area contributed by atoms with Crippen LogP contribution in [0.4, 0.5) is 5.95 Å². The SMILES string of the molecule is COc1cccc(OC)c1-n1c(NS(=O)(=O)[C@@H](C)[C@H](O)c2cc3ccccn3n2)nnc1-c1ccc(C)o1. The second-order valence-electron chi connectivity index (χ2n) is 8.54. The molecule has 0 bridgehead atoms. The highest BCUT2D eigenvalue weighted by molar-refractivity contribution is 7.93. The van der Waals surface area contributed by atoms with Gasteiger partial charge in [-0.1, -0.05) is 12.1 Å². The van der Waals surface area contributed by atoms with E-state index in [1.165, 1.54) is 25.7 Å². The van der Waals surface area contributed by atoms with E-state index in [1.54, 1.807) is 60.1 Å². The van der Waals surface area contributed by atoms with E-state index in [0.29, 0.717) is 28.7 Å². The predicted octanol–water partition coefficient (Wildman–Crippen LogP) is 3.36. The highest BCUT2D eigenvalue weighted by Crippen LogP contribution is 2.38. The molecule has 12 nitrogen and oxygen atoms in total. The fourth-order valence-electron chi connectivity index (χ4n) is 4.06. The van der Waals surface area contributed by atoms with Crippen molar-refractivity contribution >= 4 is 21.5 Å². The first-order valence-corrected chi connectivity index (χ1v) is 13.2. The van der Waals surface area contributed by atoms with Gasteiger partial charge in [-0.2, -0.15) is 5.10 Å². The molecule has 5 rings (SSSR count). The molecule has 1 aromatic carbocycles. The lowest BCUT2D eigenvalue weighted by Gasteiger charge is -2.20. The van der Waals surface area contributed by atoms with Crippen molar-refractivity contribution in [2.75, 3.05) is 18.9 Å². The lowest BCUT2D eigenvalue weighted by Crippen LogP contribution is -2.32. The molecule has 0 fully saturated rings. The Hall–Kier alpha value is -4.36. The summed E-state index contributed by atoms with van der Waals surface area (Å²) in [6.07, 6.45) is 0.293. The van der Waals surface area contributed by atoms with Gasteiger partial charge in [0.2, 0.25) is 21.8 Å². The van der Waals surface area contributed by atoms with Crippen LogP contribution in [0.15, 0.2) is 65.2 Å². The van der Waals surface area contributed by atoms with Gasteiger partial charge in [0.15, 0.2) is 5.76 Å². The van der Waals surface area contributed by atoms with Crippen LogP contribution >= 0.6 is 0 Å². The zero-order chi connectivity index (χ0) is 27.0. The van der Waals surface area contributed by atoms with E-state index in [9.17, 15) is 13.5 Å². The van der Waals surface area contributed by atoms with Gasteiger partial charge in [-0.05, 0) is 56.3 Å². The van der Waals surface area contributed by atoms with Gasteiger partial charge >= 0.3 is 0 Å². The standard InChI is InChI=1S/C25H26N6O6S/c1-15-11-12-21(37-15)24-26-27-25(31(24)22-19(35-3)9-7-10-20(22)36-4)29-38(33,34)16(2)23(32)18-14-17-8-5-6-13-30(17)28-18/h5-14,16,23,32H,1-4H3,(H,27,29)/t16-,23-/m0/s1. The van der Waals surface area contributed by atoms with Crippen molar-refractivity contribution in [3.63, 3.8) is 0 Å². The number of ether oxygens (including phenoxy) is 2. The summed E-state index contributed by atoms with van der Waals surface area (Å²) in [6.45, 7) is 3.16. The molecule has 0 spiro atoms. The highest BCUT2D eigenvalue weighted by Gasteiger charge is 2.34. The number of sulfonamides is 1. The van der Waals surface area contributed by atoms with Crippen molar-refractivity contribution in [3.8, 4) is 28.8 Å². The maximum Gasteiger partial charge on any atom is 0.243 e. The van der Waals surface area contributed by atoms with Crippen LogP contribution in [0.1, 0.15) is 24.5 Å². The molecular weight excluding hydrogens is 512 g/mol. The molecule has 4 aromatic heterocycles. The van der Waals surface area contributed by atoms with Crippen LogP contribution in [0.2, 0.25) is 0 Å². The highest BCUT2D eigenvalue weighted by atomic mass is 32.2. The Morgan fingerprint density at radius 3 is 2.39 bits per heavy atom. The Morgan fingerprint density at radius 2 is 1.76 bits per heavy atom. The summed E-state index contributed by atoms with van der Waals surface area (Å²) < 4.78 is 49.3. The van der Waals surface area contributed by atoms with Gasteiger partial charge in [0.1, 0.15) is 34.3 Å². The van der Waals surface area contributed by atoms with Crippen LogP contribution in [0.25, 0.3) is 22.8 Å². The van der Waals surface area contributed by atoms with Gasteiger partial charge < -0.3 is 19.0 Å². The van der Waals surface area contributed by atoms with E-state index in [1.807, 2.05) is 12.1 Å². The van der Waals surface area contributed by atoms with Crippen molar-refractivity contribution in [1.82, 2.24) is 24.4 Å². The van der Waals surface area contributed by atoms with E-state index in [-0.39, 0.29) is 17.5 Å². The molecule has 5 aromatic rings. The molecule has 0 aliphatic rings. The van der Waals surface area contributed by atoms with Crippen molar-refractivity contribution in [2.45, 2.75) is 25.2 Å². The van der Waals surface area contributed by atoms with Gasteiger partial charge in [-0.3, -0.25) is 9.29 Å². The zero-order valence-electron chi connectivity index (χ0n) is 21.1. The van der Waals surface area contributed by atoms with Gasteiger partial charge in [-0.15, -0.1) is 10.2 Å². The summed E-state index contributed by atoms with van der Waals surface area (Å²) in [5.74, 6) is 1.82. The van der Waals surface area contributed by atoms with Crippen LogP contribution < -0.4 is 14.2 Å². The van der Waals surface area contributed by atoms with Crippen molar-refractivity contribution < 1.29 is 27.4 Å². The summed E-state index contributed by atoms with van der Waals surface area (Å²) in [5, 5.41) is 22.3. The molecule has 198 valence electrons. The topological polar surface area (TPSA) is 146 Å². The largest absolute Gasteiger partial charge is 0.494 e. The molecule has 0 radical (unpaired) electrons. The second-order valence-corrected chi connectivity index (χ2v) is 10.6. The minimum absolute atomic E-state index is 0.147. The summed E-state index contributed by atoms with van der Waals surface area (Å²) in [7, 11) is -1.25. The normalized spacial score (nSPS) is 13.4. The third-order valence-corrected chi connectivity index (χ3v) is 7.81. The number of aliphatic hydroxyl groups excluding tert-OH is 1. The Morgan fingerprint density at radius 1 is 1.03 bits per heavy atom. The maximum atomic E-state index is 13.5. The number of benzene rings is 1. The lowest BCUT2D eigenvalue weighted by atomic mass is 10.2. The fourth-order valence-corrected chi connectivity index (χ4v) is 5.11. The average molecular weight is 539 g/mol. The Bertz CT molecular complexity index is 1650. The summed E-state index contributed by atoms with van der Waals surface area (Å²) in [6, 6.07) is 15.6. The van der Waals surface area contributed by atoms with Crippen LogP contribution in [0.3, 0.4) is 0 Å². The van der Waals surface area contributed by atoms with Gasteiger partial charge in [0.05, 0.1) is 25.4 Å². The summed E-state index contributed by atoms with van der Waals surface area (Å²) in [4.78, 5) is 0. The number of aryl methyl sites for hydroxylation is 1. The first-order chi connectivity index (χ1) is 18.2. The number of hydrogen-bond acceptors (Lipinski definition) is 9. The van der Waals surface area contributed by atoms with E-state index in [0.717, 1.165) is 5.52 Å². The minimum Gasteiger partial charge on any atom is -0.494 e. The molecule has 0 aliphatic carbocycles. The van der Waals surface area contributed by atoms with Crippen molar-refractivity contribution in [1.29, 1.82) is 0 Å². The lowest BCUT2D eigenvalue weighted by molar-refractivity contribution is 0.171. The Balaban J connectivity index is 1.58. The molecule has 0 saturated carbocycles. The maximum absolute atomic E-state index is 13.5. The van der Waals surface area contributed by atoms with Gasteiger partial charge in [0.25, 0.3) is 0 Å². The van der Waals surface area contributed by atoms with Gasteiger partial charge in [0, 0.05) is 6.20 Å². The molecule has 38 heavy (non-hydrogen) atoms. The fraction of sp³-hybridized carbons (Fsp3) is 0.240. The van der Waals surface area contributed by atoms with Crippen LogP contribution in [-0.4, -0.2) is 57.4 Å². The number of methoxy groups -OCH3 is 2. The molecule has 0 unspecified atom stereocenters. The monoisotopic (exact) mass is 538 g/mol. The van der Waals surface area contributed by atoms with Gasteiger partial charge in [-0.25, -0.2) is 12.9 Å². The second kappa shape index (κ2) is 9.84. The van der Waals surface area contributed by atoms with Crippen LogP contribution in [-0.2, 0) is 10.0 Å². The van der Waals surface area contributed by atoms with Crippen molar-refractivity contribution in [3.05, 3.63) is 72.2 Å². The van der Waals surface area contributed by atoms with E-state index in [4.69, 9.17) is 13.9 Å². The molecule has 4 heterocycles. The number of para-hydroxylation sites is 1. The first kappa shape index (κ1) is 25.3. The molecule has 0 amide bonds. The average Bonchev–Trinajstić information content (AvgIpc) is 3.65. The quantitative estimate of drug-likeness (QED) is 0.288.